The third-order valence-electron chi connectivity index (χ3n) is 4.23. The van der Waals surface area contributed by atoms with Gasteiger partial charge in [-0.1, -0.05) is 12.1 Å². The fourth-order valence-electron chi connectivity index (χ4n) is 2.90. The fraction of sp³-hybridized carbons (Fsp3) is 0.312. The Labute approximate surface area is 133 Å². The number of piperazine rings is 1. The maximum Gasteiger partial charge on any atom is 0.168 e. The van der Waals surface area contributed by atoms with Crippen LogP contribution in [0.2, 0.25) is 0 Å². The molecule has 23 heavy (non-hydrogen) atoms. The van der Waals surface area contributed by atoms with Crippen LogP contribution in [0.4, 0.5) is 10.2 Å². The highest BCUT2D eigenvalue weighted by Gasteiger charge is 2.20. The van der Waals surface area contributed by atoms with Gasteiger partial charge in [-0.15, -0.1) is 0 Å². The standard InChI is InChI=1S/C16H17FN6/c1-21-6-8-22(9-7-21)15-12-10-20-23(16(12)19-11-18-15)14-5-3-2-4-13(14)17/h2-5,10-11H,6-9H2,1H3. The Morgan fingerprint density at radius 2 is 1.83 bits per heavy atom. The molecule has 1 aliphatic heterocycles. The molecule has 0 unspecified atom stereocenters. The van der Waals surface area contributed by atoms with E-state index in [4.69, 9.17) is 0 Å². The van der Waals surface area contributed by atoms with Crippen molar-refractivity contribution in [2.45, 2.75) is 0 Å². The summed E-state index contributed by atoms with van der Waals surface area (Å²) < 4.78 is 15.6. The number of nitrogens with zero attached hydrogens (tertiary/aromatic N) is 6. The zero-order valence-corrected chi connectivity index (χ0v) is 12.9. The predicted octanol–water partition coefficient (Wildman–Crippen LogP) is 1.71. The highest BCUT2D eigenvalue weighted by Crippen LogP contribution is 2.26. The summed E-state index contributed by atoms with van der Waals surface area (Å²) in [6.07, 6.45) is 3.24. The second-order valence-corrected chi connectivity index (χ2v) is 5.73. The summed E-state index contributed by atoms with van der Waals surface area (Å²) in [6, 6.07) is 6.56. The van der Waals surface area contributed by atoms with Crippen molar-refractivity contribution in [1.82, 2.24) is 24.6 Å². The third kappa shape index (κ3) is 2.43. The number of likely N-dealkylation sites (N-methyl/N-ethyl adjacent to an activating group) is 1. The molecule has 1 aromatic carbocycles. The van der Waals surface area contributed by atoms with Crippen LogP contribution < -0.4 is 4.90 Å². The SMILES string of the molecule is CN1CCN(c2ncnc3c2cnn3-c2ccccc2F)CC1. The molecule has 3 aromatic rings. The number of hydrogen-bond acceptors (Lipinski definition) is 5. The molecular weight excluding hydrogens is 295 g/mol. The highest BCUT2D eigenvalue weighted by atomic mass is 19.1. The molecule has 1 aliphatic rings. The van der Waals surface area contributed by atoms with Gasteiger partial charge >= 0.3 is 0 Å². The van der Waals surface area contributed by atoms with Gasteiger partial charge in [-0.25, -0.2) is 19.0 Å². The number of benzene rings is 1. The molecule has 2 aromatic heterocycles. The van der Waals surface area contributed by atoms with Crippen molar-refractivity contribution in [2.75, 3.05) is 38.1 Å². The number of aromatic nitrogens is 4. The van der Waals surface area contributed by atoms with Gasteiger partial charge in [0, 0.05) is 26.2 Å². The fourth-order valence-corrected chi connectivity index (χ4v) is 2.90. The molecule has 0 aliphatic carbocycles. The van der Waals surface area contributed by atoms with E-state index in [0.29, 0.717) is 11.3 Å². The van der Waals surface area contributed by atoms with Crippen LogP contribution in [0.3, 0.4) is 0 Å². The molecule has 7 heteroatoms. The molecular formula is C16H17FN6. The first kappa shape index (κ1) is 14.1. The van der Waals surface area contributed by atoms with Crippen LogP contribution in [0.1, 0.15) is 0 Å². The van der Waals surface area contributed by atoms with Crippen LogP contribution in [0.5, 0.6) is 0 Å². The Hall–Kier alpha value is -2.54. The minimum atomic E-state index is -0.322. The van der Waals surface area contributed by atoms with Gasteiger partial charge in [0.25, 0.3) is 0 Å². The molecule has 0 atom stereocenters. The lowest BCUT2D eigenvalue weighted by Crippen LogP contribution is -2.44. The summed E-state index contributed by atoms with van der Waals surface area (Å²) >= 11 is 0. The van der Waals surface area contributed by atoms with E-state index >= 15 is 0 Å². The first-order valence-electron chi connectivity index (χ1n) is 7.61. The number of fused-ring (bicyclic) bond motifs is 1. The average Bonchev–Trinajstić information content (AvgIpc) is 3.00. The number of rotatable bonds is 2. The topological polar surface area (TPSA) is 50.1 Å². The van der Waals surface area contributed by atoms with Crippen molar-refractivity contribution in [1.29, 1.82) is 0 Å². The van der Waals surface area contributed by atoms with Crippen molar-refractivity contribution in [3.8, 4) is 5.69 Å². The lowest BCUT2D eigenvalue weighted by Gasteiger charge is -2.33. The zero-order valence-electron chi connectivity index (χ0n) is 12.9. The second-order valence-electron chi connectivity index (χ2n) is 5.73. The van der Waals surface area contributed by atoms with Gasteiger partial charge in [0.1, 0.15) is 23.6 Å². The first-order valence-corrected chi connectivity index (χ1v) is 7.61. The molecule has 3 heterocycles. The maximum atomic E-state index is 14.1. The number of halogens is 1. The molecule has 0 bridgehead atoms. The molecule has 1 fully saturated rings. The van der Waals surface area contributed by atoms with Crippen LogP contribution >= 0.6 is 0 Å². The van der Waals surface area contributed by atoms with E-state index in [1.165, 1.54) is 17.1 Å². The van der Waals surface area contributed by atoms with Crippen LogP contribution in [-0.4, -0.2) is 57.9 Å². The molecule has 0 spiro atoms. The average molecular weight is 312 g/mol. The van der Waals surface area contributed by atoms with Crippen molar-refractivity contribution in [3.63, 3.8) is 0 Å². The van der Waals surface area contributed by atoms with E-state index in [2.05, 4.69) is 31.9 Å². The summed E-state index contributed by atoms with van der Waals surface area (Å²) in [6.45, 7) is 3.81. The summed E-state index contributed by atoms with van der Waals surface area (Å²) in [7, 11) is 2.11. The quantitative estimate of drug-likeness (QED) is 0.721. The van der Waals surface area contributed by atoms with Gasteiger partial charge in [-0.2, -0.15) is 5.10 Å². The van der Waals surface area contributed by atoms with E-state index < -0.39 is 0 Å². The third-order valence-corrected chi connectivity index (χ3v) is 4.23. The van der Waals surface area contributed by atoms with Gasteiger partial charge in [-0.3, -0.25) is 0 Å². The highest BCUT2D eigenvalue weighted by molar-refractivity contribution is 5.87. The zero-order chi connectivity index (χ0) is 15.8. The van der Waals surface area contributed by atoms with Gasteiger partial charge in [-0.05, 0) is 19.2 Å². The summed E-state index contributed by atoms with van der Waals surface area (Å²) in [4.78, 5) is 13.3. The predicted molar refractivity (Wildman–Crippen MR) is 86.3 cm³/mol. The van der Waals surface area contributed by atoms with E-state index in [1.54, 1.807) is 24.4 Å². The second kappa shape index (κ2) is 5.58. The number of hydrogen-bond donors (Lipinski definition) is 0. The van der Waals surface area contributed by atoms with E-state index in [1.807, 2.05) is 0 Å². The lowest BCUT2D eigenvalue weighted by molar-refractivity contribution is 0.312. The Morgan fingerprint density at radius 3 is 2.61 bits per heavy atom. The summed E-state index contributed by atoms with van der Waals surface area (Å²) in [5.74, 6) is 0.544. The van der Waals surface area contributed by atoms with Crippen molar-refractivity contribution >= 4 is 16.9 Å². The smallest absolute Gasteiger partial charge is 0.168 e. The van der Waals surface area contributed by atoms with Crippen molar-refractivity contribution in [3.05, 3.63) is 42.6 Å². The Morgan fingerprint density at radius 1 is 1.04 bits per heavy atom. The number of para-hydroxylation sites is 1. The van der Waals surface area contributed by atoms with Crippen LogP contribution in [0, 0.1) is 5.82 Å². The van der Waals surface area contributed by atoms with Gasteiger partial charge < -0.3 is 9.80 Å². The minimum absolute atomic E-state index is 0.322. The Bertz CT molecular complexity index is 837. The van der Waals surface area contributed by atoms with Gasteiger partial charge in [0.05, 0.1) is 11.6 Å². The van der Waals surface area contributed by atoms with Crippen molar-refractivity contribution in [2.24, 2.45) is 0 Å². The van der Waals surface area contributed by atoms with Crippen molar-refractivity contribution < 1.29 is 4.39 Å². The minimum Gasteiger partial charge on any atom is -0.353 e. The molecule has 0 saturated carbocycles. The van der Waals surface area contributed by atoms with Gasteiger partial charge in [0.2, 0.25) is 0 Å². The summed E-state index contributed by atoms with van der Waals surface area (Å²) in [5, 5.41) is 5.18. The van der Waals surface area contributed by atoms with E-state index in [9.17, 15) is 4.39 Å². The van der Waals surface area contributed by atoms with Crippen LogP contribution in [-0.2, 0) is 0 Å². The molecule has 0 radical (unpaired) electrons. The van der Waals surface area contributed by atoms with E-state index in [-0.39, 0.29) is 5.82 Å². The first-order chi connectivity index (χ1) is 11.2. The molecule has 118 valence electrons. The number of anilines is 1. The molecule has 1 saturated heterocycles. The lowest BCUT2D eigenvalue weighted by atomic mass is 10.3. The molecule has 6 nitrogen and oxygen atoms in total. The molecule has 4 rings (SSSR count). The monoisotopic (exact) mass is 312 g/mol. The van der Waals surface area contributed by atoms with E-state index in [0.717, 1.165) is 37.4 Å². The maximum absolute atomic E-state index is 14.1. The largest absolute Gasteiger partial charge is 0.353 e. The van der Waals surface area contributed by atoms with Crippen LogP contribution in [0.15, 0.2) is 36.8 Å². The summed E-state index contributed by atoms with van der Waals surface area (Å²) in [5.41, 5.74) is 1.02. The van der Waals surface area contributed by atoms with Gasteiger partial charge in [0.15, 0.2) is 5.65 Å². The Balaban J connectivity index is 1.80. The molecule has 0 N–H and O–H groups in total. The normalized spacial score (nSPS) is 16.2. The Kier molecular flexibility index (Phi) is 3.42. The van der Waals surface area contributed by atoms with Crippen LogP contribution in [0.25, 0.3) is 16.7 Å². The molecule has 0 amide bonds.